The monoisotopic (exact) mass is 370 g/mol. The zero-order valence-corrected chi connectivity index (χ0v) is 15.7. The van der Waals surface area contributed by atoms with Crippen LogP contribution in [0.15, 0.2) is 85.2 Å². The lowest BCUT2D eigenvalue weighted by Gasteiger charge is -2.11. The third-order valence-corrected chi connectivity index (χ3v) is 4.39. The summed E-state index contributed by atoms with van der Waals surface area (Å²) in [5.41, 5.74) is 4.29. The van der Waals surface area contributed by atoms with E-state index >= 15 is 0 Å². The van der Waals surface area contributed by atoms with Crippen LogP contribution in [-0.4, -0.2) is 14.8 Å². The highest BCUT2D eigenvalue weighted by Gasteiger charge is 2.11. The van der Waals surface area contributed by atoms with E-state index in [0.717, 1.165) is 28.1 Å². The Morgan fingerprint density at radius 1 is 0.857 bits per heavy atom. The normalized spacial score (nSPS) is 10.8. The van der Waals surface area contributed by atoms with E-state index in [4.69, 9.17) is 4.74 Å². The third-order valence-electron chi connectivity index (χ3n) is 4.39. The van der Waals surface area contributed by atoms with Gasteiger partial charge in [-0.25, -0.2) is 4.98 Å². The summed E-state index contributed by atoms with van der Waals surface area (Å²) in [4.78, 5) is 4.39. The molecule has 4 aromatic rings. The van der Waals surface area contributed by atoms with Crippen LogP contribution in [0.1, 0.15) is 11.1 Å². The molecule has 2 aromatic heterocycles. The van der Waals surface area contributed by atoms with Crippen molar-refractivity contribution in [2.24, 2.45) is 7.05 Å². The molecule has 0 saturated heterocycles. The van der Waals surface area contributed by atoms with E-state index in [9.17, 15) is 0 Å². The van der Waals surface area contributed by atoms with Crippen molar-refractivity contribution in [3.8, 4) is 22.9 Å². The summed E-state index contributed by atoms with van der Waals surface area (Å²) >= 11 is 0. The maximum Gasteiger partial charge on any atom is 0.223 e. The Kier molecular flexibility index (Phi) is 5.45. The van der Waals surface area contributed by atoms with Gasteiger partial charge in [-0.05, 0) is 18.2 Å². The van der Waals surface area contributed by atoms with Gasteiger partial charge in [0.25, 0.3) is 0 Å². The van der Waals surface area contributed by atoms with Gasteiger partial charge in [-0.2, -0.15) is 5.10 Å². The molecule has 5 heteroatoms. The minimum atomic E-state index is 0.621. The number of nitrogens with one attached hydrogen (secondary N) is 1. The van der Waals surface area contributed by atoms with E-state index in [2.05, 4.69) is 33.7 Å². The van der Waals surface area contributed by atoms with Crippen LogP contribution >= 0.6 is 0 Å². The van der Waals surface area contributed by atoms with Gasteiger partial charge in [0.15, 0.2) is 0 Å². The Balaban J connectivity index is 1.46. The third kappa shape index (κ3) is 4.27. The van der Waals surface area contributed by atoms with Crippen molar-refractivity contribution in [1.82, 2.24) is 20.1 Å². The number of rotatable bonds is 7. The molecule has 0 aliphatic rings. The number of hydrogen-bond acceptors (Lipinski definition) is 4. The van der Waals surface area contributed by atoms with E-state index < -0.39 is 0 Å². The molecule has 5 nitrogen and oxygen atoms in total. The van der Waals surface area contributed by atoms with Gasteiger partial charge in [-0.15, -0.1) is 0 Å². The number of nitrogens with zero attached hydrogens (tertiary/aromatic N) is 3. The molecule has 0 aliphatic heterocycles. The van der Waals surface area contributed by atoms with Gasteiger partial charge in [0, 0.05) is 49.2 Å². The minimum Gasteiger partial charge on any atom is -0.439 e. The van der Waals surface area contributed by atoms with Crippen LogP contribution in [0.2, 0.25) is 0 Å². The summed E-state index contributed by atoms with van der Waals surface area (Å²) in [6.07, 6.45) is 3.80. The molecule has 2 heterocycles. The van der Waals surface area contributed by atoms with Gasteiger partial charge in [-0.1, -0.05) is 54.6 Å². The van der Waals surface area contributed by atoms with Gasteiger partial charge in [0.2, 0.25) is 5.88 Å². The molecule has 0 amide bonds. The largest absolute Gasteiger partial charge is 0.439 e. The highest BCUT2D eigenvalue weighted by molar-refractivity contribution is 5.62. The molecule has 4 rings (SSSR count). The van der Waals surface area contributed by atoms with E-state index in [1.54, 1.807) is 6.20 Å². The Labute approximate surface area is 164 Å². The SMILES string of the molecule is Cn1cc(CNCc2cccnc2Oc2ccccc2)c(-c2ccccc2)n1. The zero-order chi connectivity index (χ0) is 19.2. The van der Waals surface area contributed by atoms with E-state index in [0.29, 0.717) is 19.0 Å². The molecular formula is C23H22N4O. The fourth-order valence-corrected chi connectivity index (χ4v) is 3.09. The second kappa shape index (κ2) is 8.50. The Morgan fingerprint density at radius 2 is 1.57 bits per heavy atom. The fourth-order valence-electron chi connectivity index (χ4n) is 3.09. The topological polar surface area (TPSA) is 52.0 Å². The predicted octanol–water partition coefficient (Wildman–Crippen LogP) is 4.56. The highest BCUT2D eigenvalue weighted by atomic mass is 16.5. The fraction of sp³-hybridized carbons (Fsp3) is 0.130. The first-order valence-electron chi connectivity index (χ1n) is 9.25. The highest BCUT2D eigenvalue weighted by Crippen LogP contribution is 2.24. The maximum atomic E-state index is 5.94. The smallest absolute Gasteiger partial charge is 0.223 e. The van der Waals surface area contributed by atoms with Crippen LogP contribution in [-0.2, 0) is 20.1 Å². The number of benzene rings is 2. The second-order valence-electron chi connectivity index (χ2n) is 6.53. The van der Waals surface area contributed by atoms with Gasteiger partial charge >= 0.3 is 0 Å². The lowest BCUT2D eigenvalue weighted by molar-refractivity contribution is 0.453. The van der Waals surface area contributed by atoms with Crippen LogP contribution in [0, 0.1) is 0 Å². The zero-order valence-electron chi connectivity index (χ0n) is 15.7. The summed E-state index contributed by atoms with van der Waals surface area (Å²) in [6, 6.07) is 23.9. The molecule has 0 bridgehead atoms. The van der Waals surface area contributed by atoms with Crippen molar-refractivity contribution in [2.45, 2.75) is 13.1 Å². The number of ether oxygens (including phenoxy) is 1. The molecule has 0 fully saturated rings. The molecular weight excluding hydrogens is 348 g/mol. The molecule has 0 aliphatic carbocycles. The van der Waals surface area contributed by atoms with Crippen LogP contribution in [0.25, 0.3) is 11.3 Å². The first-order valence-corrected chi connectivity index (χ1v) is 9.25. The van der Waals surface area contributed by atoms with Crippen molar-refractivity contribution >= 4 is 0 Å². The van der Waals surface area contributed by atoms with Crippen LogP contribution < -0.4 is 10.1 Å². The van der Waals surface area contributed by atoms with Crippen LogP contribution in [0.5, 0.6) is 11.6 Å². The van der Waals surface area contributed by atoms with Crippen molar-refractivity contribution in [3.05, 3.63) is 96.3 Å². The second-order valence-corrected chi connectivity index (χ2v) is 6.53. The number of para-hydroxylation sites is 1. The van der Waals surface area contributed by atoms with Gasteiger partial charge in [-0.3, -0.25) is 4.68 Å². The molecule has 2 aromatic carbocycles. The standard InChI is InChI=1S/C23H22N4O/c1-27-17-20(22(26-27)18-9-4-2-5-10-18)16-24-15-19-11-8-14-25-23(19)28-21-12-6-3-7-13-21/h2-14,17,24H,15-16H2,1H3. The molecule has 0 saturated carbocycles. The molecule has 0 radical (unpaired) electrons. The average Bonchev–Trinajstić information content (AvgIpc) is 3.11. The summed E-state index contributed by atoms with van der Waals surface area (Å²) in [5, 5.41) is 8.11. The van der Waals surface area contributed by atoms with E-state index in [1.165, 1.54) is 0 Å². The summed E-state index contributed by atoms with van der Waals surface area (Å²) in [7, 11) is 1.95. The molecule has 28 heavy (non-hydrogen) atoms. The molecule has 0 unspecified atom stereocenters. The van der Waals surface area contributed by atoms with E-state index in [-0.39, 0.29) is 0 Å². The van der Waals surface area contributed by atoms with Crippen LogP contribution in [0.3, 0.4) is 0 Å². The number of aromatic nitrogens is 3. The van der Waals surface area contributed by atoms with Crippen molar-refractivity contribution < 1.29 is 4.74 Å². The van der Waals surface area contributed by atoms with Crippen molar-refractivity contribution in [2.75, 3.05) is 0 Å². The molecule has 140 valence electrons. The Hall–Kier alpha value is -3.44. The van der Waals surface area contributed by atoms with Gasteiger partial charge < -0.3 is 10.1 Å². The quantitative estimate of drug-likeness (QED) is 0.518. The van der Waals surface area contributed by atoms with Crippen molar-refractivity contribution in [1.29, 1.82) is 0 Å². The predicted molar refractivity (Wildman–Crippen MR) is 110 cm³/mol. The summed E-state index contributed by atoms with van der Waals surface area (Å²) < 4.78 is 7.80. The number of aryl methyl sites for hydroxylation is 1. The van der Waals surface area contributed by atoms with Crippen molar-refractivity contribution in [3.63, 3.8) is 0 Å². The van der Waals surface area contributed by atoms with Gasteiger partial charge in [0.1, 0.15) is 5.75 Å². The number of hydrogen-bond donors (Lipinski definition) is 1. The average molecular weight is 370 g/mol. The Bertz CT molecular complexity index is 1030. The first kappa shape index (κ1) is 17.9. The minimum absolute atomic E-state index is 0.621. The molecule has 0 atom stereocenters. The maximum absolute atomic E-state index is 5.94. The number of pyridine rings is 1. The Morgan fingerprint density at radius 3 is 2.36 bits per heavy atom. The lowest BCUT2D eigenvalue weighted by atomic mass is 10.1. The summed E-state index contributed by atoms with van der Waals surface area (Å²) in [5.74, 6) is 1.40. The molecule has 0 spiro atoms. The van der Waals surface area contributed by atoms with Crippen LogP contribution in [0.4, 0.5) is 0 Å². The van der Waals surface area contributed by atoms with Gasteiger partial charge in [0.05, 0.1) is 5.69 Å². The molecule has 1 N–H and O–H groups in total. The van der Waals surface area contributed by atoms with E-state index in [1.807, 2.05) is 72.4 Å². The first-order chi connectivity index (χ1) is 13.8. The lowest BCUT2D eigenvalue weighted by Crippen LogP contribution is -2.14. The summed E-state index contributed by atoms with van der Waals surface area (Å²) in [6.45, 7) is 1.36.